The standard InChI is InChI=1S/C22H23N7O3/c30-22(31)15-3-5-24-18(10-15)25-19-11-20(27-21(26-19)16-2-1-4-23-12-16)29-8-6-28(7-9-29)17-13-32-14-17/h1-5,10-12,17H,6-9,13-14H2,(H,30,31)(H,24,25,26,27). The number of pyridine rings is 2. The third-order valence-corrected chi connectivity index (χ3v) is 5.67. The first-order chi connectivity index (χ1) is 15.7. The van der Waals surface area contributed by atoms with Gasteiger partial charge in [0.05, 0.1) is 24.8 Å². The van der Waals surface area contributed by atoms with Crippen molar-refractivity contribution in [2.75, 3.05) is 49.6 Å². The minimum Gasteiger partial charge on any atom is -0.478 e. The summed E-state index contributed by atoms with van der Waals surface area (Å²) in [4.78, 5) is 33.8. The van der Waals surface area contributed by atoms with E-state index in [2.05, 4.69) is 30.1 Å². The molecule has 0 spiro atoms. The number of carboxylic acid groups (broad SMARTS) is 1. The fourth-order valence-electron chi connectivity index (χ4n) is 3.80. The molecule has 3 aromatic heterocycles. The Morgan fingerprint density at radius 2 is 1.91 bits per heavy atom. The van der Waals surface area contributed by atoms with Crippen molar-refractivity contribution in [1.29, 1.82) is 0 Å². The summed E-state index contributed by atoms with van der Waals surface area (Å²) in [5.74, 6) is 1.28. The van der Waals surface area contributed by atoms with Gasteiger partial charge in [-0.05, 0) is 24.3 Å². The van der Waals surface area contributed by atoms with Crippen LogP contribution in [0.25, 0.3) is 11.4 Å². The highest BCUT2D eigenvalue weighted by molar-refractivity contribution is 5.88. The number of nitrogens with one attached hydrogen (secondary N) is 1. The fraction of sp³-hybridized carbons (Fsp3) is 0.318. The largest absolute Gasteiger partial charge is 0.478 e. The minimum absolute atomic E-state index is 0.153. The van der Waals surface area contributed by atoms with Crippen molar-refractivity contribution in [2.24, 2.45) is 0 Å². The minimum atomic E-state index is -1.01. The van der Waals surface area contributed by atoms with Gasteiger partial charge in [0.1, 0.15) is 17.5 Å². The third kappa shape index (κ3) is 4.36. The first-order valence-corrected chi connectivity index (χ1v) is 10.5. The molecule has 32 heavy (non-hydrogen) atoms. The maximum absolute atomic E-state index is 11.3. The number of hydrogen-bond donors (Lipinski definition) is 2. The molecule has 2 saturated heterocycles. The maximum Gasteiger partial charge on any atom is 0.335 e. The molecule has 0 bridgehead atoms. The van der Waals surface area contributed by atoms with E-state index in [1.54, 1.807) is 12.4 Å². The number of rotatable bonds is 6. The van der Waals surface area contributed by atoms with Crippen molar-refractivity contribution < 1.29 is 14.6 Å². The molecular weight excluding hydrogens is 410 g/mol. The molecule has 2 fully saturated rings. The number of aromatic carboxylic acids is 1. The Morgan fingerprint density at radius 3 is 2.59 bits per heavy atom. The van der Waals surface area contributed by atoms with Crippen LogP contribution in [0.1, 0.15) is 10.4 Å². The molecular formula is C22H23N7O3. The fourth-order valence-corrected chi connectivity index (χ4v) is 3.80. The van der Waals surface area contributed by atoms with Crippen LogP contribution < -0.4 is 10.2 Å². The number of carbonyl (C=O) groups is 1. The van der Waals surface area contributed by atoms with Crippen LogP contribution in [0.4, 0.5) is 17.5 Å². The Hall–Kier alpha value is -3.63. The van der Waals surface area contributed by atoms with Gasteiger partial charge in [0.15, 0.2) is 5.82 Å². The van der Waals surface area contributed by atoms with Crippen LogP contribution in [0.3, 0.4) is 0 Å². The second kappa shape index (κ2) is 8.85. The van der Waals surface area contributed by atoms with Gasteiger partial charge >= 0.3 is 5.97 Å². The lowest BCUT2D eigenvalue weighted by molar-refractivity contribution is -0.0660. The zero-order chi connectivity index (χ0) is 21.9. The molecule has 10 nitrogen and oxygen atoms in total. The lowest BCUT2D eigenvalue weighted by Gasteiger charge is -2.42. The Labute approximate surface area is 184 Å². The number of ether oxygens (including phenoxy) is 1. The molecule has 0 aromatic carbocycles. The van der Waals surface area contributed by atoms with Crippen molar-refractivity contribution in [3.63, 3.8) is 0 Å². The van der Waals surface area contributed by atoms with Gasteiger partial charge in [-0.2, -0.15) is 0 Å². The molecule has 2 N–H and O–H groups in total. The molecule has 0 aliphatic carbocycles. The zero-order valence-corrected chi connectivity index (χ0v) is 17.4. The lowest BCUT2D eigenvalue weighted by Crippen LogP contribution is -2.56. The van der Waals surface area contributed by atoms with Crippen molar-refractivity contribution >= 4 is 23.4 Å². The van der Waals surface area contributed by atoms with Crippen LogP contribution in [0.2, 0.25) is 0 Å². The van der Waals surface area contributed by atoms with E-state index in [9.17, 15) is 9.90 Å². The molecule has 3 aromatic rings. The third-order valence-electron chi connectivity index (χ3n) is 5.67. The first-order valence-electron chi connectivity index (χ1n) is 10.5. The Bertz CT molecular complexity index is 1100. The van der Waals surface area contributed by atoms with E-state index in [1.165, 1.54) is 18.3 Å². The van der Waals surface area contributed by atoms with E-state index in [4.69, 9.17) is 9.72 Å². The Kier molecular flexibility index (Phi) is 5.61. The molecule has 2 aliphatic rings. The lowest BCUT2D eigenvalue weighted by atomic mass is 10.2. The van der Waals surface area contributed by atoms with Crippen LogP contribution in [0.15, 0.2) is 48.9 Å². The van der Waals surface area contributed by atoms with Crippen molar-refractivity contribution in [1.82, 2.24) is 24.8 Å². The van der Waals surface area contributed by atoms with Crippen LogP contribution in [-0.4, -0.2) is 81.3 Å². The average molecular weight is 433 g/mol. The van der Waals surface area contributed by atoms with Gasteiger partial charge < -0.3 is 20.1 Å². The molecule has 2 aliphatic heterocycles. The molecule has 5 heterocycles. The van der Waals surface area contributed by atoms with E-state index >= 15 is 0 Å². The van der Waals surface area contributed by atoms with Crippen molar-refractivity contribution in [3.8, 4) is 11.4 Å². The quantitative estimate of drug-likeness (QED) is 0.597. The van der Waals surface area contributed by atoms with E-state index in [-0.39, 0.29) is 5.56 Å². The smallest absolute Gasteiger partial charge is 0.335 e. The molecule has 164 valence electrons. The molecule has 5 rings (SSSR count). The van der Waals surface area contributed by atoms with Crippen molar-refractivity contribution in [2.45, 2.75) is 6.04 Å². The number of carboxylic acids is 1. The second-order valence-electron chi connectivity index (χ2n) is 7.75. The number of nitrogens with zero attached hydrogens (tertiary/aromatic N) is 6. The van der Waals surface area contributed by atoms with E-state index < -0.39 is 5.97 Å². The normalized spacial score (nSPS) is 17.1. The maximum atomic E-state index is 11.3. The van der Waals surface area contributed by atoms with E-state index in [1.807, 2.05) is 18.2 Å². The van der Waals surface area contributed by atoms with Crippen LogP contribution in [0.5, 0.6) is 0 Å². The highest BCUT2D eigenvalue weighted by Crippen LogP contribution is 2.25. The van der Waals surface area contributed by atoms with Gasteiger partial charge in [-0.25, -0.2) is 19.7 Å². The molecule has 0 saturated carbocycles. The predicted molar refractivity (Wildman–Crippen MR) is 118 cm³/mol. The van der Waals surface area contributed by atoms with E-state index in [0.717, 1.165) is 50.8 Å². The van der Waals surface area contributed by atoms with Crippen LogP contribution >= 0.6 is 0 Å². The Morgan fingerprint density at radius 1 is 1.06 bits per heavy atom. The molecule has 0 amide bonds. The van der Waals surface area contributed by atoms with Crippen LogP contribution in [0, 0.1) is 0 Å². The van der Waals surface area contributed by atoms with Gasteiger partial charge in [-0.3, -0.25) is 9.88 Å². The summed E-state index contributed by atoms with van der Waals surface area (Å²) in [5.41, 5.74) is 0.954. The number of aromatic nitrogens is 4. The summed E-state index contributed by atoms with van der Waals surface area (Å²) >= 11 is 0. The summed E-state index contributed by atoms with van der Waals surface area (Å²) in [6.07, 6.45) is 4.89. The molecule has 0 radical (unpaired) electrons. The Balaban J connectivity index is 1.43. The monoisotopic (exact) mass is 433 g/mol. The first kappa shape index (κ1) is 20.3. The van der Waals surface area contributed by atoms with E-state index in [0.29, 0.717) is 23.5 Å². The topological polar surface area (TPSA) is 117 Å². The number of anilines is 3. The highest BCUT2D eigenvalue weighted by Gasteiger charge is 2.29. The SMILES string of the molecule is O=C(O)c1ccnc(Nc2cc(N3CCN(C4COC4)CC3)nc(-c3cccnc3)n2)c1. The molecule has 10 heteroatoms. The molecule has 0 unspecified atom stereocenters. The summed E-state index contributed by atoms with van der Waals surface area (Å²) in [6.45, 7) is 5.24. The summed E-state index contributed by atoms with van der Waals surface area (Å²) in [5, 5.41) is 12.4. The predicted octanol–water partition coefficient (Wildman–Crippen LogP) is 1.90. The van der Waals surface area contributed by atoms with Gasteiger partial charge in [-0.15, -0.1) is 0 Å². The second-order valence-corrected chi connectivity index (χ2v) is 7.75. The van der Waals surface area contributed by atoms with Gasteiger partial charge in [0.25, 0.3) is 0 Å². The molecule has 0 atom stereocenters. The van der Waals surface area contributed by atoms with Gasteiger partial charge in [-0.1, -0.05) is 0 Å². The van der Waals surface area contributed by atoms with Gasteiger partial charge in [0, 0.05) is 56.4 Å². The van der Waals surface area contributed by atoms with Crippen LogP contribution in [-0.2, 0) is 4.74 Å². The van der Waals surface area contributed by atoms with Gasteiger partial charge in [0.2, 0.25) is 0 Å². The summed E-state index contributed by atoms with van der Waals surface area (Å²) in [6, 6.07) is 9.08. The number of hydrogen-bond acceptors (Lipinski definition) is 9. The summed E-state index contributed by atoms with van der Waals surface area (Å²) < 4.78 is 5.33. The number of piperazine rings is 1. The zero-order valence-electron chi connectivity index (χ0n) is 17.4. The van der Waals surface area contributed by atoms with Crippen molar-refractivity contribution in [3.05, 3.63) is 54.5 Å². The highest BCUT2D eigenvalue weighted by atomic mass is 16.5. The summed E-state index contributed by atoms with van der Waals surface area (Å²) in [7, 11) is 0. The average Bonchev–Trinajstić information content (AvgIpc) is 2.79.